The fourth-order valence-corrected chi connectivity index (χ4v) is 3.05. The Morgan fingerprint density at radius 1 is 1.15 bits per heavy atom. The van der Waals surface area contributed by atoms with E-state index in [0.717, 1.165) is 24.8 Å². The van der Waals surface area contributed by atoms with Crippen molar-refractivity contribution in [1.82, 2.24) is 14.9 Å². The van der Waals surface area contributed by atoms with Crippen LogP contribution in [0, 0.1) is 0 Å². The smallest absolute Gasteiger partial charge is 0.313 e. The SMILES string of the molecule is NC(=O)c1cncc(NC(=O)C(=O)N2CCCC[C@@H]2c2cccnc2)c1. The minimum Gasteiger partial charge on any atom is -0.366 e. The van der Waals surface area contributed by atoms with Gasteiger partial charge >= 0.3 is 11.8 Å². The highest BCUT2D eigenvalue weighted by Gasteiger charge is 2.31. The lowest BCUT2D eigenvalue weighted by molar-refractivity contribution is -0.145. The third-order valence-electron chi connectivity index (χ3n) is 4.31. The molecule has 3 N–H and O–H groups in total. The third-order valence-corrected chi connectivity index (χ3v) is 4.31. The zero-order valence-corrected chi connectivity index (χ0v) is 14.1. The molecule has 1 aliphatic heterocycles. The molecule has 1 aliphatic rings. The fourth-order valence-electron chi connectivity index (χ4n) is 3.05. The van der Waals surface area contributed by atoms with Crippen LogP contribution in [0.1, 0.15) is 41.2 Å². The van der Waals surface area contributed by atoms with Gasteiger partial charge in [0, 0.05) is 25.1 Å². The molecule has 2 aromatic rings. The van der Waals surface area contributed by atoms with E-state index in [9.17, 15) is 14.4 Å². The topological polar surface area (TPSA) is 118 Å². The van der Waals surface area contributed by atoms with Gasteiger partial charge in [-0.2, -0.15) is 0 Å². The summed E-state index contributed by atoms with van der Waals surface area (Å²) in [6.45, 7) is 0.505. The average Bonchev–Trinajstić information content (AvgIpc) is 2.68. The van der Waals surface area contributed by atoms with Crippen molar-refractivity contribution in [2.24, 2.45) is 5.73 Å². The summed E-state index contributed by atoms with van der Waals surface area (Å²) in [6.07, 6.45) is 8.64. The van der Waals surface area contributed by atoms with E-state index in [0.29, 0.717) is 6.54 Å². The molecule has 134 valence electrons. The number of rotatable bonds is 3. The van der Waals surface area contributed by atoms with Crippen LogP contribution >= 0.6 is 0 Å². The van der Waals surface area contributed by atoms with Crippen LogP contribution in [-0.2, 0) is 9.59 Å². The summed E-state index contributed by atoms with van der Waals surface area (Å²) in [7, 11) is 0. The molecule has 0 saturated carbocycles. The first-order valence-electron chi connectivity index (χ1n) is 8.33. The first-order chi connectivity index (χ1) is 12.6. The minimum absolute atomic E-state index is 0.154. The highest BCUT2D eigenvalue weighted by molar-refractivity contribution is 6.39. The van der Waals surface area contributed by atoms with Crippen LogP contribution in [-0.4, -0.2) is 39.1 Å². The van der Waals surface area contributed by atoms with Gasteiger partial charge < -0.3 is 16.0 Å². The Bertz CT molecular complexity index is 825. The van der Waals surface area contributed by atoms with E-state index in [1.54, 1.807) is 17.3 Å². The number of anilines is 1. The van der Waals surface area contributed by atoms with Gasteiger partial charge in [-0.1, -0.05) is 6.07 Å². The lowest BCUT2D eigenvalue weighted by Gasteiger charge is -2.35. The molecule has 1 atom stereocenters. The normalized spacial score (nSPS) is 16.8. The Kier molecular flexibility index (Phi) is 5.21. The summed E-state index contributed by atoms with van der Waals surface area (Å²) in [5.41, 5.74) is 6.51. The molecule has 0 spiro atoms. The van der Waals surface area contributed by atoms with Crippen molar-refractivity contribution in [3.05, 3.63) is 54.1 Å². The van der Waals surface area contributed by atoms with Crippen molar-refractivity contribution in [2.75, 3.05) is 11.9 Å². The van der Waals surface area contributed by atoms with Gasteiger partial charge in [0.05, 0.1) is 23.5 Å². The number of carbonyl (C=O) groups is 3. The second-order valence-corrected chi connectivity index (χ2v) is 6.08. The number of primary amides is 1. The van der Waals surface area contributed by atoms with E-state index < -0.39 is 17.7 Å². The summed E-state index contributed by atoms with van der Waals surface area (Å²) < 4.78 is 0. The summed E-state index contributed by atoms with van der Waals surface area (Å²) in [4.78, 5) is 45.8. The van der Waals surface area contributed by atoms with Crippen molar-refractivity contribution in [1.29, 1.82) is 0 Å². The fraction of sp³-hybridized carbons (Fsp3) is 0.278. The van der Waals surface area contributed by atoms with E-state index in [2.05, 4.69) is 15.3 Å². The van der Waals surface area contributed by atoms with E-state index in [1.807, 2.05) is 12.1 Å². The number of carbonyl (C=O) groups excluding carboxylic acids is 3. The number of nitrogens with zero attached hydrogens (tertiary/aromatic N) is 3. The molecule has 1 fully saturated rings. The van der Waals surface area contributed by atoms with Gasteiger partial charge in [0.15, 0.2) is 0 Å². The predicted molar refractivity (Wildman–Crippen MR) is 93.9 cm³/mol. The Morgan fingerprint density at radius 2 is 2.00 bits per heavy atom. The van der Waals surface area contributed by atoms with Crippen molar-refractivity contribution >= 4 is 23.4 Å². The Morgan fingerprint density at radius 3 is 2.73 bits per heavy atom. The lowest BCUT2D eigenvalue weighted by Crippen LogP contribution is -2.44. The van der Waals surface area contributed by atoms with Crippen molar-refractivity contribution in [2.45, 2.75) is 25.3 Å². The van der Waals surface area contributed by atoms with Crippen LogP contribution in [0.3, 0.4) is 0 Å². The monoisotopic (exact) mass is 353 g/mol. The molecule has 3 rings (SSSR count). The Hall–Kier alpha value is -3.29. The zero-order chi connectivity index (χ0) is 18.5. The highest BCUT2D eigenvalue weighted by atomic mass is 16.2. The maximum atomic E-state index is 12.7. The minimum atomic E-state index is -0.774. The first-order valence-corrected chi connectivity index (χ1v) is 8.33. The second-order valence-electron chi connectivity index (χ2n) is 6.08. The number of pyridine rings is 2. The standard InChI is InChI=1S/C18H19N5O3/c19-16(24)13-8-14(11-21-10-13)22-17(25)18(26)23-7-2-1-5-15(23)12-4-3-6-20-9-12/h3-4,6,8-11,15H,1-2,5,7H2,(H2,19,24)(H,22,25)/t15-/m1/s1. The molecule has 1 saturated heterocycles. The van der Waals surface area contributed by atoms with E-state index in [-0.39, 0.29) is 17.3 Å². The van der Waals surface area contributed by atoms with Crippen molar-refractivity contribution in [3.63, 3.8) is 0 Å². The van der Waals surface area contributed by atoms with Crippen LogP contribution in [0.15, 0.2) is 43.0 Å². The van der Waals surface area contributed by atoms with Gasteiger partial charge in [-0.05, 0) is 37.0 Å². The molecule has 3 amide bonds. The molecule has 3 heterocycles. The number of amides is 3. The zero-order valence-electron chi connectivity index (χ0n) is 14.1. The number of hydrogen-bond acceptors (Lipinski definition) is 5. The molecule has 2 aromatic heterocycles. The van der Waals surface area contributed by atoms with Crippen LogP contribution in [0.25, 0.3) is 0 Å². The molecular formula is C18H19N5O3. The summed E-state index contributed by atoms with van der Waals surface area (Å²) >= 11 is 0. The van der Waals surface area contributed by atoms with Crippen LogP contribution in [0.5, 0.6) is 0 Å². The first kappa shape index (κ1) is 17.5. The van der Waals surface area contributed by atoms with E-state index in [1.165, 1.54) is 18.5 Å². The number of nitrogens with two attached hydrogens (primary N) is 1. The largest absolute Gasteiger partial charge is 0.366 e. The molecular weight excluding hydrogens is 334 g/mol. The predicted octanol–water partition coefficient (Wildman–Crippen LogP) is 1.27. The summed E-state index contributed by atoms with van der Waals surface area (Å²) in [5.74, 6) is -2.06. The second kappa shape index (κ2) is 7.73. The average molecular weight is 353 g/mol. The number of aromatic nitrogens is 2. The molecule has 0 unspecified atom stereocenters. The number of hydrogen-bond donors (Lipinski definition) is 2. The van der Waals surface area contributed by atoms with Crippen molar-refractivity contribution in [3.8, 4) is 0 Å². The maximum absolute atomic E-state index is 12.7. The van der Waals surface area contributed by atoms with Crippen molar-refractivity contribution < 1.29 is 14.4 Å². The molecule has 0 bridgehead atoms. The number of likely N-dealkylation sites (tertiary alicyclic amines) is 1. The van der Waals surface area contributed by atoms with Gasteiger partial charge in [0.2, 0.25) is 5.91 Å². The molecule has 0 aromatic carbocycles. The van der Waals surface area contributed by atoms with Gasteiger partial charge in [0.25, 0.3) is 0 Å². The molecule has 26 heavy (non-hydrogen) atoms. The number of piperidine rings is 1. The molecule has 8 nitrogen and oxygen atoms in total. The summed E-state index contributed by atoms with van der Waals surface area (Å²) in [6, 6.07) is 4.93. The Labute approximate surface area is 150 Å². The highest BCUT2D eigenvalue weighted by Crippen LogP contribution is 2.30. The maximum Gasteiger partial charge on any atom is 0.313 e. The quantitative estimate of drug-likeness (QED) is 0.806. The van der Waals surface area contributed by atoms with Gasteiger partial charge in [-0.15, -0.1) is 0 Å². The van der Waals surface area contributed by atoms with E-state index >= 15 is 0 Å². The number of nitrogens with one attached hydrogen (secondary N) is 1. The van der Waals surface area contributed by atoms with Crippen LogP contribution in [0.2, 0.25) is 0 Å². The third kappa shape index (κ3) is 3.85. The lowest BCUT2D eigenvalue weighted by atomic mass is 9.96. The van der Waals surface area contributed by atoms with Gasteiger partial charge in [-0.25, -0.2) is 0 Å². The van der Waals surface area contributed by atoms with Gasteiger partial charge in [-0.3, -0.25) is 24.4 Å². The van der Waals surface area contributed by atoms with Crippen LogP contribution in [0.4, 0.5) is 5.69 Å². The summed E-state index contributed by atoms with van der Waals surface area (Å²) in [5, 5.41) is 2.49. The van der Waals surface area contributed by atoms with Crippen LogP contribution < -0.4 is 11.1 Å². The molecule has 8 heteroatoms. The molecule has 0 radical (unpaired) electrons. The Balaban J connectivity index is 1.75. The van der Waals surface area contributed by atoms with Gasteiger partial charge in [0.1, 0.15) is 0 Å². The van der Waals surface area contributed by atoms with E-state index in [4.69, 9.17) is 5.73 Å². The molecule has 0 aliphatic carbocycles.